The third-order valence-corrected chi connectivity index (χ3v) is 6.15. The van der Waals surface area contributed by atoms with Crippen LogP contribution in [0.15, 0.2) is 89.8 Å². The molecule has 0 atom stereocenters. The first-order valence-corrected chi connectivity index (χ1v) is 12.2. The van der Waals surface area contributed by atoms with E-state index >= 15 is 0 Å². The van der Waals surface area contributed by atoms with Gasteiger partial charge in [0, 0.05) is 34.1 Å². The summed E-state index contributed by atoms with van der Waals surface area (Å²) < 4.78 is 16.1. The van der Waals surface area contributed by atoms with Crippen LogP contribution in [-0.4, -0.2) is 45.3 Å². The minimum atomic E-state index is -0.265. The minimum Gasteiger partial charge on any atom is -0.493 e. The van der Waals surface area contributed by atoms with Crippen molar-refractivity contribution in [3.05, 3.63) is 91.0 Å². The van der Waals surface area contributed by atoms with Crippen molar-refractivity contribution in [1.29, 1.82) is 0 Å². The van der Waals surface area contributed by atoms with Gasteiger partial charge in [-0.25, -0.2) is 15.0 Å². The highest BCUT2D eigenvalue weighted by molar-refractivity contribution is 6.05. The number of benzene rings is 3. The van der Waals surface area contributed by atoms with Crippen LogP contribution < -0.4 is 20.1 Å². The summed E-state index contributed by atoms with van der Waals surface area (Å²) in [6.07, 6.45) is 4.72. The summed E-state index contributed by atoms with van der Waals surface area (Å²) in [6.45, 7) is 0. The number of methoxy groups -OCH3 is 2. The molecule has 0 aliphatic heterocycles. The molecule has 198 valence electrons. The number of fused-ring (bicyclic) bond motifs is 1. The molecule has 3 heterocycles. The first kappa shape index (κ1) is 24.6. The number of aromatic nitrogens is 5. The summed E-state index contributed by atoms with van der Waals surface area (Å²) in [7, 11) is 3.16. The molecule has 0 aliphatic carbocycles. The Morgan fingerprint density at radius 1 is 0.900 bits per heavy atom. The Labute approximate surface area is 228 Å². The zero-order chi connectivity index (χ0) is 27.5. The quantitative estimate of drug-likeness (QED) is 0.225. The molecule has 40 heavy (non-hydrogen) atoms. The van der Waals surface area contributed by atoms with Gasteiger partial charge in [-0.15, -0.1) is 0 Å². The van der Waals surface area contributed by atoms with Crippen molar-refractivity contribution >= 4 is 34.1 Å². The number of rotatable bonds is 8. The van der Waals surface area contributed by atoms with Gasteiger partial charge in [-0.2, -0.15) is 5.10 Å². The Bertz CT molecular complexity index is 1800. The molecular formula is C29H23N7O4. The largest absolute Gasteiger partial charge is 0.493 e. The van der Waals surface area contributed by atoms with Crippen LogP contribution in [0, 0.1) is 0 Å². The third kappa shape index (κ3) is 4.90. The summed E-state index contributed by atoms with van der Waals surface area (Å²) in [5.41, 5.74) is 4.58. The predicted octanol–water partition coefficient (Wildman–Crippen LogP) is 5.69. The SMILES string of the molecule is COc1ccc(Nc2nc(-c3cccc(C(=O)Nc4ccc(-c5ncco5)cc4)c3)nc3cn[nH]c23)cc1OC. The maximum absolute atomic E-state index is 13.1. The lowest BCUT2D eigenvalue weighted by molar-refractivity contribution is 0.102. The van der Waals surface area contributed by atoms with E-state index in [0.29, 0.717) is 56.9 Å². The molecule has 3 aromatic heterocycles. The van der Waals surface area contributed by atoms with E-state index in [1.807, 2.05) is 30.3 Å². The fraction of sp³-hybridized carbons (Fsp3) is 0.0690. The summed E-state index contributed by atoms with van der Waals surface area (Å²) in [5.74, 6) is 2.39. The molecule has 6 rings (SSSR count). The maximum Gasteiger partial charge on any atom is 0.255 e. The van der Waals surface area contributed by atoms with E-state index in [-0.39, 0.29) is 5.91 Å². The Morgan fingerprint density at radius 3 is 2.50 bits per heavy atom. The summed E-state index contributed by atoms with van der Waals surface area (Å²) in [5, 5.41) is 13.3. The lowest BCUT2D eigenvalue weighted by Crippen LogP contribution is -2.12. The van der Waals surface area contributed by atoms with Gasteiger partial charge in [-0.1, -0.05) is 12.1 Å². The smallest absolute Gasteiger partial charge is 0.255 e. The topological polar surface area (TPSA) is 140 Å². The number of oxazole rings is 1. The number of anilines is 3. The van der Waals surface area contributed by atoms with Crippen LogP contribution in [0.4, 0.5) is 17.2 Å². The molecule has 0 fully saturated rings. The Hall–Kier alpha value is -5.71. The van der Waals surface area contributed by atoms with E-state index in [0.717, 1.165) is 11.3 Å². The number of hydrogen-bond donors (Lipinski definition) is 3. The van der Waals surface area contributed by atoms with Gasteiger partial charge in [0.2, 0.25) is 5.89 Å². The average molecular weight is 534 g/mol. The molecule has 1 amide bonds. The Morgan fingerprint density at radius 2 is 1.73 bits per heavy atom. The second-order valence-corrected chi connectivity index (χ2v) is 8.67. The number of aromatic amines is 1. The number of amides is 1. The molecule has 11 heteroatoms. The first-order chi connectivity index (χ1) is 19.6. The van der Waals surface area contributed by atoms with Gasteiger partial charge in [0.25, 0.3) is 5.91 Å². The van der Waals surface area contributed by atoms with Gasteiger partial charge in [-0.3, -0.25) is 9.89 Å². The second-order valence-electron chi connectivity index (χ2n) is 8.67. The van der Waals surface area contributed by atoms with Crippen LogP contribution in [0.25, 0.3) is 33.9 Å². The number of ether oxygens (including phenoxy) is 2. The van der Waals surface area contributed by atoms with Gasteiger partial charge >= 0.3 is 0 Å². The highest BCUT2D eigenvalue weighted by atomic mass is 16.5. The Kier molecular flexibility index (Phi) is 6.51. The van der Waals surface area contributed by atoms with E-state index < -0.39 is 0 Å². The molecule has 3 N–H and O–H groups in total. The average Bonchev–Trinajstić information content (AvgIpc) is 3.70. The fourth-order valence-corrected chi connectivity index (χ4v) is 4.17. The van der Waals surface area contributed by atoms with Crippen molar-refractivity contribution in [2.75, 3.05) is 24.9 Å². The maximum atomic E-state index is 13.1. The summed E-state index contributed by atoms with van der Waals surface area (Å²) in [6, 6.07) is 19.8. The van der Waals surface area contributed by atoms with Crippen molar-refractivity contribution in [2.24, 2.45) is 0 Å². The van der Waals surface area contributed by atoms with E-state index in [4.69, 9.17) is 18.9 Å². The molecule has 6 aromatic rings. The number of carbonyl (C=O) groups excluding carboxylic acids is 1. The normalized spacial score (nSPS) is 10.8. The van der Waals surface area contributed by atoms with Gasteiger partial charge in [-0.05, 0) is 48.5 Å². The molecular weight excluding hydrogens is 510 g/mol. The van der Waals surface area contributed by atoms with Crippen LogP contribution in [0.2, 0.25) is 0 Å². The second kappa shape index (κ2) is 10.6. The minimum absolute atomic E-state index is 0.265. The lowest BCUT2D eigenvalue weighted by Gasteiger charge is -2.12. The van der Waals surface area contributed by atoms with Crippen LogP contribution in [0.1, 0.15) is 10.4 Å². The zero-order valence-electron chi connectivity index (χ0n) is 21.5. The van der Waals surface area contributed by atoms with Crippen molar-refractivity contribution in [2.45, 2.75) is 0 Å². The van der Waals surface area contributed by atoms with Gasteiger partial charge in [0.05, 0.1) is 26.6 Å². The number of carbonyl (C=O) groups is 1. The standard InChI is InChI=1S/C29H23N7O4/c1-38-23-11-10-21(15-24(23)39-2)32-27-25-22(16-31-36-25)34-26(35-27)18-4-3-5-19(14-18)28(37)33-20-8-6-17(7-9-20)29-30-12-13-40-29/h3-16H,1-2H3,(H,31,36)(H,33,37)(H,32,34,35). The van der Waals surface area contributed by atoms with Crippen molar-refractivity contribution < 1.29 is 18.7 Å². The van der Waals surface area contributed by atoms with Gasteiger partial charge in [0.1, 0.15) is 17.3 Å². The molecule has 0 saturated heterocycles. The predicted molar refractivity (Wildman–Crippen MR) is 150 cm³/mol. The highest BCUT2D eigenvalue weighted by Crippen LogP contribution is 2.32. The van der Waals surface area contributed by atoms with Crippen LogP contribution in [0.5, 0.6) is 11.5 Å². The summed E-state index contributed by atoms with van der Waals surface area (Å²) >= 11 is 0. The van der Waals surface area contributed by atoms with Crippen molar-refractivity contribution in [3.63, 3.8) is 0 Å². The number of H-pyrrole nitrogens is 1. The molecule has 3 aromatic carbocycles. The Balaban J connectivity index is 1.26. The monoisotopic (exact) mass is 533 g/mol. The number of nitrogens with zero attached hydrogens (tertiary/aromatic N) is 4. The van der Waals surface area contributed by atoms with E-state index in [1.54, 1.807) is 63.0 Å². The molecule has 0 spiro atoms. The first-order valence-electron chi connectivity index (χ1n) is 12.2. The van der Waals surface area contributed by atoms with E-state index in [1.165, 1.54) is 6.26 Å². The highest BCUT2D eigenvalue weighted by Gasteiger charge is 2.15. The molecule has 0 bridgehead atoms. The van der Waals surface area contributed by atoms with Crippen LogP contribution in [-0.2, 0) is 0 Å². The van der Waals surface area contributed by atoms with Crippen molar-refractivity contribution in [1.82, 2.24) is 25.1 Å². The van der Waals surface area contributed by atoms with Gasteiger partial charge in [0.15, 0.2) is 23.1 Å². The molecule has 0 aliphatic rings. The van der Waals surface area contributed by atoms with E-state index in [2.05, 4.69) is 30.8 Å². The fourth-order valence-electron chi connectivity index (χ4n) is 4.17. The van der Waals surface area contributed by atoms with Gasteiger partial charge < -0.3 is 24.5 Å². The summed E-state index contributed by atoms with van der Waals surface area (Å²) in [4.78, 5) is 26.6. The number of nitrogens with one attached hydrogen (secondary N) is 3. The zero-order valence-corrected chi connectivity index (χ0v) is 21.5. The molecule has 11 nitrogen and oxygen atoms in total. The van der Waals surface area contributed by atoms with E-state index in [9.17, 15) is 4.79 Å². The molecule has 0 radical (unpaired) electrons. The van der Waals surface area contributed by atoms with Crippen LogP contribution >= 0.6 is 0 Å². The lowest BCUT2D eigenvalue weighted by atomic mass is 10.1. The van der Waals surface area contributed by atoms with Crippen LogP contribution in [0.3, 0.4) is 0 Å². The third-order valence-electron chi connectivity index (χ3n) is 6.15. The number of hydrogen-bond acceptors (Lipinski definition) is 9. The molecule has 0 unspecified atom stereocenters. The molecule has 0 saturated carbocycles. The van der Waals surface area contributed by atoms with Crippen molar-refractivity contribution in [3.8, 4) is 34.3 Å².